The first kappa shape index (κ1) is 18.9. The Morgan fingerprint density at radius 2 is 1.92 bits per heavy atom. The van der Waals surface area contributed by atoms with Crippen molar-refractivity contribution in [3.63, 3.8) is 0 Å². The molecule has 0 fully saturated rings. The Labute approximate surface area is 150 Å². The molecule has 0 saturated carbocycles. The first-order valence-electron chi connectivity index (χ1n) is 8.77. The number of benzene rings is 1. The van der Waals surface area contributed by atoms with Gasteiger partial charge in [0.25, 0.3) is 5.91 Å². The summed E-state index contributed by atoms with van der Waals surface area (Å²) in [5, 5.41) is 3.33. The number of amides is 1. The van der Waals surface area contributed by atoms with Gasteiger partial charge in [-0.2, -0.15) is 0 Å². The molecular weight excluding hydrogens is 312 g/mol. The molecule has 1 amide bonds. The number of para-hydroxylation sites is 1. The van der Waals surface area contributed by atoms with Crippen molar-refractivity contribution in [1.82, 2.24) is 14.9 Å². The van der Waals surface area contributed by atoms with E-state index in [1.807, 2.05) is 25.2 Å². The maximum Gasteiger partial charge on any atom is 0.272 e. The second-order valence-electron chi connectivity index (χ2n) is 7.29. The summed E-state index contributed by atoms with van der Waals surface area (Å²) in [4.78, 5) is 22.6. The van der Waals surface area contributed by atoms with Crippen LogP contribution in [-0.4, -0.2) is 34.4 Å². The summed E-state index contributed by atoms with van der Waals surface area (Å²) in [6.07, 6.45) is 3.47. The number of unbranched alkanes of at least 4 members (excludes halogenated alkanes) is 1. The van der Waals surface area contributed by atoms with E-state index in [1.165, 1.54) is 11.9 Å². The van der Waals surface area contributed by atoms with Crippen molar-refractivity contribution in [2.24, 2.45) is 0 Å². The number of carbonyl (C=O) groups is 1. The maximum absolute atomic E-state index is 12.5. The lowest BCUT2D eigenvalue weighted by Crippen LogP contribution is -2.28. The Morgan fingerprint density at radius 1 is 1.20 bits per heavy atom. The summed E-state index contributed by atoms with van der Waals surface area (Å²) in [6.45, 7) is 9.36. The maximum atomic E-state index is 12.5. The zero-order valence-electron chi connectivity index (χ0n) is 15.8. The van der Waals surface area contributed by atoms with Gasteiger partial charge in [-0.1, -0.05) is 52.3 Å². The second-order valence-corrected chi connectivity index (χ2v) is 7.29. The van der Waals surface area contributed by atoms with E-state index in [1.54, 1.807) is 11.0 Å². The molecule has 0 saturated heterocycles. The van der Waals surface area contributed by atoms with Crippen LogP contribution in [0.5, 0.6) is 0 Å². The number of rotatable bonds is 6. The van der Waals surface area contributed by atoms with Crippen LogP contribution in [0, 0.1) is 0 Å². The third-order valence-electron chi connectivity index (χ3n) is 4.08. The first-order chi connectivity index (χ1) is 11.8. The minimum absolute atomic E-state index is 0.00957. The predicted molar refractivity (Wildman–Crippen MR) is 102 cm³/mol. The summed E-state index contributed by atoms with van der Waals surface area (Å²) >= 11 is 0. The molecule has 1 aromatic carbocycles. The standard InChI is InChI=1S/C20H28N4O/c1-6-7-12-24(5)19(25)17-13-18(22-14-21-17)23-16-11-9-8-10-15(16)20(2,3)4/h8-11,13-14H,6-7,12H2,1-5H3,(H,21,22,23). The first-order valence-corrected chi connectivity index (χ1v) is 8.77. The van der Waals surface area contributed by atoms with Gasteiger partial charge >= 0.3 is 0 Å². The molecule has 0 unspecified atom stereocenters. The molecule has 0 bridgehead atoms. The zero-order chi connectivity index (χ0) is 18.4. The minimum atomic E-state index is -0.0805. The SMILES string of the molecule is CCCCN(C)C(=O)c1cc(Nc2ccccc2C(C)(C)C)ncn1. The molecule has 0 radical (unpaired) electrons. The number of anilines is 2. The van der Waals surface area contributed by atoms with Crippen LogP contribution in [0.25, 0.3) is 0 Å². The number of hydrogen-bond acceptors (Lipinski definition) is 4. The third-order valence-corrected chi connectivity index (χ3v) is 4.08. The lowest BCUT2D eigenvalue weighted by molar-refractivity contribution is 0.0787. The van der Waals surface area contributed by atoms with E-state index in [4.69, 9.17) is 0 Å². The van der Waals surface area contributed by atoms with Crippen molar-refractivity contribution in [1.29, 1.82) is 0 Å². The van der Waals surface area contributed by atoms with Crippen LogP contribution in [0.2, 0.25) is 0 Å². The molecule has 2 aromatic rings. The molecule has 134 valence electrons. The lowest BCUT2D eigenvalue weighted by Gasteiger charge is -2.23. The topological polar surface area (TPSA) is 58.1 Å². The van der Waals surface area contributed by atoms with E-state index in [-0.39, 0.29) is 11.3 Å². The van der Waals surface area contributed by atoms with Gasteiger partial charge in [0.1, 0.15) is 17.8 Å². The zero-order valence-corrected chi connectivity index (χ0v) is 15.8. The lowest BCUT2D eigenvalue weighted by atomic mass is 9.86. The molecule has 0 aliphatic heterocycles. The van der Waals surface area contributed by atoms with Crippen molar-refractivity contribution in [2.45, 2.75) is 46.0 Å². The molecule has 0 aliphatic carbocycles. The average molecular weight is 340 g/mol. The largest absolute Gasteiger partial charge is 0.340 e. The summed E-state index contributed by atoms with van der Waals surface area (Å²) < 4.78 is 0. The van der Waals surface area contributed by atoms with Crippen LogP contribution in [0.3, 0.4) is 0 Å². The highest BCUT2D eigenvalue weighted by Gasteiger charge is 2.18. The smallest absolute Gasteiger partial charge is 0.272 e. The van der Waals surface area contributed by atoms with Crippen molar-refractivity contribution in [3.8, 4) is 0 Å². The average Bonchev–Trinajstić information content (AvgIpc) is 2.58. The quantitative estimate of drug-likeness (QED) is 0.847. The predicted octanol–water partition coefficient (Wildman–Crippen LogP) is 4.39. The van der Waals surface area contributed by atoms with Crippen molar-refractivity contribution in [2.75, 3.05) is 18.9 Å². The molecule has 0 spiro atoms. The van der Waals surface area contributed by atoms with E-state index in [0.717, 1.165) is 25.1 Å². The van der Waals surface area contributed by atoms with Crippen LogP contribution in [0.15, 0.2) is 36.7 Å². The third kappa shape index (κ3) is 5.02. The fourth-order valence-electron chi connectivity index (χ4n) is 2.62. The van der Waals surface area contributed by atoms with Crippen LogP contribution in [-0.2, 0) is 5.41 Å². The fourth-order valence-corrected chi connectivity index (χ4v) is 2.62. The van der Waals surface area contributed by atoms with E-state index in [0.29, 0.717) is 11.5 Å². The van der Waals surface area contributed by atoms with Crippen LogP contribution in [0.4, 0.5) is 11.5 Å². The minimum Gasteiger partial charge on any atom is -0.340 e. The van der Waals surface area contributed by atoms with Crippen LogP contribution < -0.4 is 5.32 Å². The summed E-state index contributed by atoms with van der Waals surface area (Å²) in [7, 11) is 1.81. The molecule has 5 heteroatoms. The fraction of sp³-hybridized carbons (Fsp3) is 0.450. The Kier molecular flexibility index (Phi) is 6.12. The second kappa shape index (κ2) is 8.10. The normalized spacial score (nSPS) is 11.2. The van der Waals surface area contributed by atoms with Crippen molar-refractivity contribution in [3.05, 3.63) is 47.9 Å². The molecule has 25 heavy (non-hydrogen) atoms. The van der Waals surface area contributed by atoms with Gasteiger partial charge in [0.05, 0.1) is 0 Å². The molecule has 1 N–H and O–H groups in total. The highest BCUT2D eigenvalue weighted by molar-refractivity contribution is 5.92. The monoisotopic (exact) mass is 340 g/mol. The van der Waals surface area contributed by atoms with Gasteiger partial charge < -0.3 is 10.2 Å². The van der Waals surface area contributed by atoms with Crippen LogP contribution >= 0.6 is 0 Å². The molecule has 0 atom stereocenters. The Hall–Kier alpha value is -2.43. The van der Waals surface area contributed by atoms with Crippen LogP contribution in [0.1, 0.15) is 56.6 Å². The highest BCUT2D eigenvalue weighted by Crippen LogP contribution is 2.30. The molecular formula is C20H28N4O. The molecule has 5 nitrogen and oxygen atoms in total. The summed E-state index contributed by atoms with van der Waals surface area (Å²) in [5.41, 5.74) is 2.60. The molecule has 0 aliphatic rings. The van der Waals surface area contributed by atoms with Gasteiger partial charge in [-0.15, -0.1) is 0 Å². The van der Waals surface area contributed by atoms with E-state index < -0.39 is 0 Å². The number of hydrogen-bond donors (Lipinski definition) is 1. The number of carbonyl (C=O) groups excluding carboxylic acids is 1. The van der Waals surface area contributed by atoms with Gasteiger partial charge in [-0.05, 0) is 23.5 Å². The van der Waals surface area contributed by atoms with Gasteiger partial charge in [-0.25, -0.2) is 9.97 Å². The van der Waals surface area contributed by atoms with Gasteiger partial charge in [0, 0.05) is 25.3 Å². The Morgan fingerprint density at radius 3 is 2.60 bits per heavy atom. The van der Waals surface area contributed by atoms with E-state index >= 15 is 0 Å². The van der Waals surface area contributed by atoms with Gasteiger partial charge in [0.2, 0.25) is 0 Å². The molecule has 2 rings (SSSR count). The van der Waals surface area contributed by atoms with Gasteiger partial charge in [0.15, 0.2) is 0 Å². The number of nitrogens with zero attached hydrogens (tertiary/aromatic N) is 3. The number of aromatic nitrogens is 2. The van der Waals surface area contributed by atoms with E-state index in [2.05, 4.69) is 49.0 Å². The number of nitrogens with one attached hydrogen (secondary N) is 1. The summed E-state index contributed by atoms with van der Waals surface area (Å²) in [6, 6.07) is 9.86. The van der Waals surface area contributed by atoms with E-state index in [9.17, 15) is 4.79 Å². The van der Waals surface area contributed by atoms with Crippen molar-refractivity contribution < 1.29 is 4.79 Å². The highest BCUT2D eigenvalue weighted by atomic mass is 16.2. The van der Waals surface area contributed by atoms with Crippen molar-refractivity contribution >= 4 is 17.4 Å². The Balaban J connectivity index is 2.22. The molecule has 1 heterocycles. The molecule has 1 aromatic heterocycles. The summed E-state index contributed by atoms with van der Waals surface area (Å²) in [5.74, 6) is 0.543. The Bertz CT molecular complexity index is 722. The van der Waals surface area contributed by atoms with Gasteiger partial charge in [-0.3, -0.25) is 4.79 Å².